The fourth-order valence-corrected chi connectivity index (χ4v) is 2.42. The van der Waals surface area contributed by atoms with Crippen molar-refractivity contribution in [3.8, 4) is 0 Å². The third kappa shape index (κ3) is 2.32. The number of rotatable bonds is 3. The van der Waals surface area contributed by atoms with Gasteiger partial charge in [0.05, 0.1) is 5.52 Å². The van der Waals surface area contributed by atoms with Gasteiger partial charge in [-0.15, -0.1) is 0 Å². The minimum absolute atomic E-state index is 0.0177. The van der Waals surface area contributed by atoms with E-state index in [9.17, 15) is 4.79 Å². The Balaban J connectivity index is 1.95. The molecule has 0 bridgehead atoms. The Morgan fingerprint density at radius 3 is 2.60 bits per heavy atom. The van der Waals surface area contributed by atoms with Crippen LogP contribution in [0.2, 0.25) is 5.02 Å². The van der Waals surface area contributed by atoms with Crippen LogP contribution in [0.25, 0.3) is 10.9 Å². The lowest BCUT2D eigenvalue weighted by Gasteiger charge is -1.99. The molecule has 0 spiro atoms. The molecule has 3 nitrogen and oxygen atoms in total. The first-order valence-electron chi connectivity index (χ1n) is 6.34. The maximum Gasteiger partial charge on any atom is 0.188 e. The summed E-state index contributed by atoms with van der Waals surface area (Å²) in [6.07, 6.45) is 0.332. The number of benzene rings is 2. The van der Waals surface area contributed by atoms with Gasteiger partial charge in [-0.05, 0) is 23.8 Å². The summed E-state index contributed by atoms with van der Waals surface area (Å²) in [7, 11) is 1.85. The molecule has 0 aliphatic carbocycles. The van der Waals surface area contributed by atoms with Gasteiger partial charge in [-0.25, -0.2) is 0 Å². The quantitative estimate of drug-likeness (QED) is 0.688. The summed E-state index contributed by atoms with van der Waals surface area (Å²) in [6, 6.07) is 15.1. The summed E-state index contributed by atoms with van der Waals surface area (Å²) in [6.45, 7) is 0. The van der Waals surface area contributed by atoms with Crippen molar-refractivity contribution in [3.05, 3.63) is 64.8 Å². The first-order valence-corrected chi connectivity index (χ1v) is 6.72. The van der Waals surface area contributed by atoms with Crippen molar-refractivity contribution in [2.75, 3.05) is 0 Å². The van der Waals surface area contributed by atoms with Crippen molar-refractivity contribution in [1.82, 2.24) is 9.78 Å². The lowest BCUT2D eigenvalue weighted by molar-refractivity contribution is 0.0989. The highest BCUT2D eigenvalue weighted by Gasteiger charge is 2.15. The molecule has 1 heterocycles. The number of aromatic nitrogens is 2. The maximum absolute atomic E-state index is 12.4. The summed E-state index contributed by atoms with van der Waals surface area (Å²) in [5.41, 5.74) is 2.43. The molecule has 0 saturated carbocycles. The molecule has 20 heavy (non-hydrogen) atoms. The van der Waals surface area contributed by atoms with Crippen LogP contribution in [0.5, 0.6) is 0 Å². The van der Waals surface area contributed by atoms with Gasteiger partial charge in [-0.2, -0.15) is 5.10 Å². The summed E-state index contributed by atoms with van der Waals surface area (Å²) < 4.78 is 1.74. The molecule has 4 heteroatoms. The number of nitrogens with zero attached hydrogens (tertiary/aromatic N) is 2. The molecule has 1 aromatic heterocycles. The number of carbonyl (C=O) groups is 1. The van der Waals surface area contributed by atoms with E-state index < -0.39 is 0 Å². The topological polar surface area (TPSA) is 34.9 Å². The number of ketones is 1. The number of Topliss-reactive ketones (excluding diaryl/α,β-unsaturated/α-hetero) is 1. The smallest absolute Gasteiger partial charge is 0.188 e. The Hall–Kier alpha value is -2.13. The summed E-state index contributed by atoms with van der Waals surface area (Å²) in [4.78, 5) is 12.4. The average Bonchev–Trinajstić information content (AvgIpc) is 2.79. The van der Waals surface area contributed by atoms with Gasteiger partial charge in [0.2, 0.25) is 0 Å². The number of fused-ring (bicyclic) bond motifs is 1. The van der Waals surface area contributed by atoms with Gasteiger partial charge >= 0.3 is 0 Å². The first kappa shape index (κ1) is 12.9. The van der Waals surface area contributed by atoms with Crippen LogP contribution in [0.4, 0.5) is 0 Å². The predicted molar refractivity (Wildman–Crippen MR) is 80.2 cm³/mol. The second-order valence-corrected chi connectivity index (χ2v) is 5.15. The molecule has 0 atom stereocenters. The Labute approximate surface area is 121 Å². The number of aryl methyl sites for hydroxylation is 1. The Bertz CT molecular complexity index is 775. The molecule has 0 radical (unpaired) electrons. The minimum atomic E-state index is 0.0177. The van der Waals surface area contributed by atoms with E-state index in [0.29, 0.717) is 17.1 Å². The van der Waals surface area contributed by atoms with Crippen LogP contribution in [0.15, 0.2) is 48.5 Å². The standard InChI is InChI=1S/C16H13ClN2O/c1-19-14-5-3-2-4-13(14)16(18-19)15(20)10-11-6-8-12(17)9-7-11/h2-9H,10H2,1H3. The molecule has 0 aliphatic rings. The van der Waals surface area contributed by atoms with Crippen LogP contribution in [-0.4, -0.2) is 15.6 Å². The van der Waals surface area contributed by atoms with Crippen molar-refractivity contribution >= 4 is 28.3 Å². The zero-order valence-electron chi connectivity index (χ0n) is 11.0. The molecule has 0 fully saturated rings. The van der Waals surface area contributed by atoms with Gasteiger partial charge in [0.25, 0.3) is 0 Å². The molecule has 0 saturated heterocycles. The highest BCUT2D eigenvalue weighted by atomic mass is 35.5. The summed E-state index contributed by atoms with van der Waals surface area (Å²) >= 11 is 5.85. The number of para-hydroxylation sites is 1. The van der Waals surface area contributed by atoms with Crippen molar-refractivity contribution in [3.63, 3.8) is 0 Å². The lowest BCUT2D eigenvalue weighted by Crippen LogP contribution is -2.05. The lowest BCUT2D eigenvalue weighted by atomic mass is 10.0. The van der Waals surface area contributed by atoms with E-state index >= 15 is 0 Å². The van der Waals surface area contributed by atoms with Crippen LogP contribution < -0.4 is 0 Å². The van der Waals surface area contributed by atoms with Gasteiger partial charge in [0.15, 0.2) is 5.78 Å². The van der Waals surface area contributed by atoms with Gasteiger partial charge in [-0.3, -0.25) is 9.48 Å². The van der Waals surface area contributed by atoms with Gasteiger partial charge < -0.3 is 0 Å². The molecule has 100 valence electrons. The van der Waals surface area contributed by atoms with Crippen LogP contribution in [-0.2, 0) is 13.5 Å². The van der Waals surface area contributed by atoms with Gasteiger partial charge in [0.1, 0.15) is 5.69 Å². The maximum atomic E-state index is 12.4. The van der Waals surface area contributed by atoms with E-state index in [-0.39, 0.29) is 5.78 Å². The van der Waals surface area contributed by atoms with Crippen LogP contribution >= 0.6 is 11.6 Å². The Morgan fingerprint density at radius 2 is 1.85 bits per heavy atom. The molecule has 2 aromatic carbocycles. The molecule has 0 N–H and O–H groups in total. The van der Waals surface area contributed by atoms with Crippen LogP contribution in [0.1, 0.15) is 16.1 Å². The van der Waals surface area contributed by atoms with Crippen molar-refractivity contribution < 1.29 is 4.79 Å². The molecule has 0 unspecified atom stereocenters. The number of hydrogen-bond donors (Lipinski definition) is 0. The third-order valence-electron chi connectivity index (χ3n) is 3.30. The number of hydrogen-bond acceptors (Lipinski definition) is 2. The van der Waals surface area contributed by atoms with Gasteiger partial charge in [0, 0.05) is 23.9 Å². The molecular formula is C16H13ClN2O. The number of halogens is 1. The molecule has 3 aromatic rings. The summed E-state index contributed by atoms with van der Waals surface area (Å²) in [5, 5.41) is 5.91. The Morgan fingerprint density at radius 1 is 1.15 bits per heavy atom. The van der Waals surface area contributed by atoms with E-state index in [0.717, 1.165) is 16.5 Å². The zero-order chi connectivity index (χ0) is 14.1. The predicted octanol–water partition coefficient (Wildman–Crippen LogP) is 3.65. The van der Waals surface area contributed by atoms with E-state index in [2.05, 4.69) is 5.10 Å². The molecular weight excluding hydrogens is 272 g/mol. The Kier molecular flexibility index (Phi) is 3.28. The van der Waals surface area contributed by atoms with Gasteiger partial charge in [-0.1, -0.05) is 41.9 Å². The van der Waals surface area contributed by atoms with E-state index in [4.69, 9.17) is 11.6 Å². The molecule has 0 amide bonds. The van der Waals surface area contributed by atoms with Crippen molar-refractivity contribution in [1.29, 1.82) is 0 Å². The normalized spacial score (nSPS) is 10.9. The fraction of sp³-hybridized carbons (Fsp3) is 0.125. The number of carbonyl (C=O) groups excluding carboxylic acids is 1. The van der Waals surface area contributed by atoms with Crippen molar-refractivity contribution in [2.24, 2.45) is 7.05 Å². The van der Waals surface area contributed by atoms with Crippen LogP contribution in [0, 0.1) is 0 Å². The van der Waals surface area contributed by atoms with E-state index in [1.54, 1.807) is 16.8 Å². The second kappa shape index (κ2) is 5.10. The molecule has 0 aliphatic heterocycles. The highest BCUT2D eigenvalue weighted by molar-refractivity contribution is 6.30. The minimum Gasteiger partial charge on any atom is -0.292 e. The zero-order valence-corrected chi connectivity index (χ0v) is 11.8. The SMILES string of the molecule is Cn1nc(C(=O)Cc2ccc(Cl)cc2)c2ccccc21. The highest BCUT2D eigenvalue weighted by Crippen LogP contribution is 2.19. The molecule has 3 rings (SSSR count). The monoisotopic (exact) mass is 284 g/mol. The largest absolute Gasteiger partial charge is 0.292 e. The second-order valence-electron chi connectivity index (χ2n) is 4.72. The first-order chi connectivity index (χ1) is 9.65. The fourth-order valence-electron chi connectivity index (χ4n) is 2.29. The average molecular weight is 285 g/mol. The third-order valence-corrected chi connectivity index (χ3v) is 3.55. The summed E-state index contributed by atoms with van der Waals surface area (Å²) in [5.74, 6) is 0.0177. The van der Waals surface area contributed by atoms with Crippen LogP contribution in [0.3, 0.4) is 0 Å². The van der Waals surface area contributed by atoms with Crippen molar-refractivity contribution in [2.45, 2.75) is 6.42 Å². The van der Waals surface area contributed by atoms with E-state index in [1.807, 2.05) is 43.4 Å². The van der Waals surface area contributed by atoms with E-state index in [1.165, 1.54) is 0 Å².